The predicted molar refractivity (Wildman–Crippen MR) is 71.8 cm³/mol. The van der Waals surface area contributed by atoms with Crippen LogP contribution in [0.1, 0.15) is 45.4 Å². The molecule has 112 valence electrons. The summed E-state index contributed by atoms with van der Waals surface area (Å²) in [6.07, 6.45) is 6.15. The Kier molecular flexibility index (Phi) is 4.98. The van der Waals surface area contributed by atoms with Crippen LogP contribution in [0.15, 0.2) is 0 Å². The first-order valence-electron chi connectivity index (χ1n) is 7.33. The number of ether oxygens (including phenoxy) is 1. The van der Waals surface area contributed by atoms with Crippen molar-refractivity contribution in [2.45, 2.75) is 51.5 Å². The Labute approximate surface area is 118 Å². The van der Waals surface area contributed by atoms with Crippen LogP contribution in [0.4, 0.5) is 4.79 Å². The van der Waals surface area contributed by atoms with Crippen molar-refractivity contribution < 1.29 is 19.1 Å². The van der Waals surface area contributed by atoms with Crippen LogP contribution in [0.25, 0.3) is 0 Å². The van der Waals surface area contributed by atoms with Gasteiger partial charge in [0.15, 0.2) is 6.61 Å². The van der Waals surface area contributed by atoms with Gasteiger partial charge in [-0.05, 0) is 25.2 Å². The number of hydrogen-bond acceptors (Lipinski definition) is 4. The Morgan fingerprint density at radius 1 is 1.15 bits per heavy atom. The van der Waals surface area contributed by atoms with E-state index in [0.29, 0.717) is 5.92 Å². The Bertz CT molecular complexity index is 391. The molecule has 0 saturated heterocycles. The van der Waals surface area contributed by atoms with Crippen LogP contribution < -0.4 is 10.6 Å². The fourth-order valence-corrected chi connectivity index (χ4v) is 2.53. The lowest BCUT2D eigenvalue weighted by molar-refractivity contribution is -0.149. The number of amides is 3. The molecule has 6 heteroatoms. The van der Waals surface area contributed by atoms with Gasteiger partial charge in [-0.3, -0.25) is 14.9 Å². The molecule has 2 rings (SSSR count). The van der Waals surface area contributed by atoms with E-state index in [0.717, 1.165) is 32.1 Å². The molecule has 0 radical (unpaired) electrons. The van der Waals surface area contributed by atoms with E-state index < -0.39 is 11.9 Å². The Balaban J connectivity index is 1.60. The van der Waals surface area contributed by atoms with Crippen molar-refractivity contribution in [3.05, 3.63) is 0 Å². The number of hydrogen-bond donors (Lipinski definition) is 2. The van der Waals surface area contributed by atoms with E-state index in [2.05, 4.69) is 10.6 Å². The molecule has 2 fully saturated rings. The molecule has 0 spiro atoms. The summed E-state index contributed by atoms with van der Waals surface area (Å²) in [4.78, 5) is 34.5. The van der Waals surface area contributed by atoms with Crippen LogP contribution in [0.5, 0.6) is 0 Å². The molecule has 20 heavy (non-hydrogen) atoms. The highest BCUT2D eigenvalue weighted by Crippen LogP contribution is 2.38. The van der Waals surface area contributed by atoms with Crippen LogP contribution in [-0.4, -0.2) is 30.6 Å². The number of nitrogens with one attached hydrogen (secondary N) is 2. The molecule has 0 bridgehead atoms. The molecule has 2 aliphatic carbocycles. The smallest absolute Gasteiger partial charge is 0.321 e. The van der Waals surface area contributed by atoms with Crippen molar-refractivity contribution in [3.8, 4) is 0 Å². The Hall–Kier alpha value is -1.59. The average Bonchev–Trinajstić information content (AvgIpc) is 3.14. The first kappa shape index (κ1) is 14.8. The number of carbonyl (C=O) groups excluding carboxylic acids is 3. The fraction of sp³-hybridized carbons (Fsp3) is 0.786. The lowest BCUT2D eigenvalue weighted by Crippen LogP contribution is -2.46. The quantitative estimate of drug-likeness (QED) is 0.762. The van der Waals surface area contributed by atoms with E-state index in [1.54, 1.807) is 0 Å². The van der Waals surface area contributed by atoms with Crippen molar-refractivity contribution in [3.63, 3.8) is 0 Å². The second-order valence-electron chi connectivity index (χ2n) is 5.78. The molecule has 2 unspecified atom stereocenters. The van der Waals surface area contributed by atoms with E-state index in [4.69, 9.17) is 4.74 Å². The minimum atomic E-state index is -0.583. The molecule has 0 aliphatic heterocycles. The van der Waals surface area contributed by atoms with Gasteiger partial charge in [-0.2, -0.15) is 0 Å². The highest BCUT2D eigenvalue weighted by Gasteiger charge is 2.40. The van der Waals surface area contributed by atoms with E-state index in [1.807, 2.05) is 6.92 Å². The van der Waals surface area contributed by atoms with Crippen LogP contribution in [0, 0.1) is 11.8 Å². The molecule has 0 aromatic rings. The van der Waals surface area contributed by atoms with E-state index >= 15 is 0 Å². The number of imide groups is 1. The molecule has 0 heterocycles. The summed E-state index contributed by atoms with van der Waals surface area (Å²) < 4.78 is 4.86. The van der Waals surface area contributed by atoms with Gasteiger partial charge in [-0.15, -0.1) is 0 Å². The fourth-order valence-electron chi connectivity index (χ4n) is 2.53. The lowest BCUT2D eigenvalue weighted by atomic mass is 9.96. The second-order valence-corrected chi connectivity index (χ2v) is 5.78. The molecule has 3 amide bonds. The summed E-state index contributed by atoms with van der Waals surface area (Å²) in [6.45, 7) is 1.57. The van der Waals surface area contributed by atoms with Gasteiger partial charge in [0.2, 0.25) is 0 Å². The van der Waals surface area contributed by atoms with Crippen molar-refractivity contribution in [2.75, 3.05) is 6.61 Å². The normalized spacial score (nSPS) is 25.6. The largest absolute Gasteiger partial charge is 0.455 e. The van der Waals surface area contributed by atoms with Gasteiger partial charge in [-0.25, -0.2) is 4.79 Å². The third kappa shape index (κ3) is 4.51. The van der Waals surface area contributed by atoms with E-state index in [-0.39, 0.29) is 24.5 Å². The first-order chi connectivity index (χ1) is 9.56. The summed E-state index contributed by atoms with van der Waals surface area (Å²) in [5, 5.41) is 4.96. The monoisotopic (exact) mass is 282 g/mol. The van der Waals surface area contributed by atoms with E-state index in [1.165, 1.54) is 6.42 Å². The standard InChI is InChI=1S/C14H22N2O4/c1-9-7-11(9)13(18)20-8-12(17)16-14(19)15-10-5-3-2-4-6-10/h9-11H,2-8H2,1H3,(H2,15,16,17,19). The number of urea groups is 1. The average molecular weight is 282 g/mol. The van der Waals surface area contributed by atoms with Gasteiger partial charge in [0.05, 0.1) is 5.92 Å². The van der Waals surface area contributed by atoms with Crippen LogP contribution in [-0.2, 0) is 14.3 Å². The minimum Gasteiger partial charge on any atom is -0.455 e. The topological polar surface area (TPSA) is 84.5 Å². The zero-order chi connectivity index (χ0) is 14.5. The van der Waals surface area contributed by atoms with Gasteiger partial charge in [0.1, 0.15) is 0 Å². The highest BCUT2D eigenvalue weighted by molar-refractivity contribution is 5.95. The zero-order valence-electron chi connectivity index (χ0n) is 11.8. The van der Waals surface area contributed by atoms with Crippen LogP contribution >= 0.6 is 0 Å². The predicted octanol–water partition coefficient (Wildman–Crippen LogP) is 1.34. The SMILES string of the molecule is CC1CC1C(=O)OCC(=O)NC(=O)NC1CCCCC1. The zero-order valence-corrected chi connectivity index (χ0v) is 11.8. The van der Waals surface area contributed by atoms with E-state index in [9.17, 15) is 14.4 Å². The molecule has 2 aliphatic rings. The van der Waals surface area contributed by atoms with Crippen LogP contribution in [0.3, 0.4) is 0 Å². The minimum absolute atomic E-state index is 0.0705. The van der Waals surface area contributed by atoms with Gasteiger partial charge < -0.3 is 10.1 Å². The summed E-state index contributed by atoms with van der Waals surface area (Å²) >= 11 is 0. The van der Waals surface area contributed by atoms with Crippen molar-refractivity contribution in [1.29, 1.82) is 0 Å². The molecule has 2 atom stereocenters. The second kappa shape index (κ2) is 6.72. The molecule has 0 aromatic heterocycles. The van der Waals surface area contributed by atoms with Crippen molar-refractivity contribution in [2.24, 2.45) is 11.8 Å². The first-order valence-corrected chi connectivity index (χ1v) is 7.33. The Morgan fingerprint density at radius 3 is 2.40 bits per heavy atom. The molecule has 2 saturated carbocycles. The summed E-state index contributed by atoms with van der Waals surface area (Å²) in [6, 6.07) is -0.357. The third-order valence-electron chi connectivity index (χ3n) is 3.95. The number of esters is 1. The summed E-state index contributed by atoms with van der Waals surface area (Å²) in [7, 11) is 0. The highest BCUT2D eigenvalue weighted by atomic mass is 16.5. The maximum atomic E-state index is 11.6. The van der Waals surface area contributed by atoms with Gasteiger partial charge in [0, 0.05) is 6.04 Å². The van der Waals surface area contributed by atoms with Crippen molar-refractivity contribution >= 4 is 17.9 Å². The maximum absolute atomic E-state index is 11.6. The maximum Gasteiger partial charge on any atom is 0.321 e. The molecule has 0 aromatic carbocycles. The molecule has 2 N–H and O–H groups in total. The molecular formula is C14H22N2O4. The van der Waals surface area contributed by atoms with Crippen LogP contribution in [0.2, 0.25) is 0 Å². The van der Waals surface area contributed by atoms with Crippen molar-refractivity contribution in [1.82, 2.24) is 10.6 Å². The number of carbonyl (C=O) groups is 3. The third-order valence-corrected chi connectivity index (χ3v) is 3.95. The Morgan fingerprint density at radius 2 is 1.80 bits per heavy atom. The summed E-state index contributed by atoms with van der Waals surface area (Å²) in [5.74, 6) is -0.653. The summed E-state index contributed by atoms with van der Waals surface area (Å²) in [5.41, 5.74) is 0. The molecular weight excluding hydrogens is 260 g/mol. The van der Waals surface area contributed by atoms with Gasteiger partial charge in [0.25, 0.3) is 5.91 Å². The van der Waals surface area contributed by atoms with Gasteiger partial charge >= 0.3 is 12.0 Å². The lowest BCUT2D eigenvalue weighted by Gasteiger charge is -2.22. The molecule has 6 nitrogen and oxygen atoms in total. The number of rotatable bonds is 4. The van der Waals surface area contributed by atoms with Gasteiger partial charge in [-0.1, -0.05) is 26.2 Å².